The van der Waals surface area contributed by atoms with Crippen LogP contribution < -0.4 is 5.32 Å². The van der Waals surface area contributed by atoms with Crippen molar-refractivity contribution in [3.05, 3.63) is 35.9 Å². The number of hydrogen-bond donors (Lipinski definition) is 1. The molecule has 0 heterocycles. The second kappa shape index (κ2) is 8.29. The summed E-state index contributed by atoms with van der Waals surface area (Å²) in [5.74, 6) is 0.605. The molecule has 17 heavy (non-hydrogen) atoms. The van der Waals surface area contributed by atoms with E-state index in [2.05, 4.69) is 28.2 Å². The van der Waals surface area contributed by atoms with Crippen LogP contribution in [-0.4, -0.2) is 17.8 Å². The molecule has 0 bridgehead atoms. The monoisotopic (exact) mass is 297 g/mol. The smallest absolute Gasteiger partial charge is 0.251 e. The van der Waals surface area contributed by atoms with E-state index in [1.165, 1.54) is 12.8 Å². The number of hydrogen-bond acceptors (Lipinski definition) is 1. The number of carbonyl (C=O) groups excluding carboxylic acids is 1. The predicted octanol–water partition coefficient (Wildman–Crippen LogP) is 3.62. The summed E-state index contributed by atoms with van der Waals surface area (Å²) >= 11 is 3.46. The minimum absolute atomic E-state index is 0.0290. The molecule has 94 valence electrons. The molecule has 0 aliphatic carbocycles. The first kappa shape index (κ1) is 14.2. The largest absolute Gasteiger partial charge is 0.352 e. The van der Waals surface area contributed by atoms with Gasteiger partial charge in [-0.1, -0.05) is 47.5 Å². The summed E-state index contributed by atoms with van der Waals surface area (Å²) in [7, 11) is 0. The zero-order chi connectivity index (χ0) is 12.5. The van der Waals surface area contributed by atoms with Gasteiger partial charge in [0.15, 0.2) is 0 Å². The molecule has 0 aromatic heterocycles. The van der Waals surface area contributed by atoms with Crippen molar-refractivity contribution in [3.63, 3.8) is 0 Å². The number of alkyl halides is 1. The van der Waals surface area contributed by atoms with Crippen LogP contribution in [0.3, 0.4) is 0 Å². The number of halogens is 1. The van der Waals surface area contributed by atoms with Crippen molar-refractivity contribution in [2.24, 2.45) is 5.92 Å². The van der Waals surface area contributed by atoms with Gasteiger partial charge in [0.2, 0.25) is 0 Å². The zero-order valence-electron chi connectivity index (χ0n) is 10.3. The average Bonchev–Trinajstić information content (AvgIpc) is 2.37. The molecule has 1 amide bonds. The Morgan fingerprint density at radius 3 is 2.59 bits per heavy atom. The van der Waals surface area contributed by atoms with E-state index >= 15 is 0 Å². The van der Waals surface area contributed by atoms with Gasteiger partial charge in [-0.25, -0.2) is 0 Å². The van der Waals surface area contributed by atoms with Crippen LogP contribution in [0.2, 0.25) is 0 Å². The van der Waals surface area contributed by atoms with E-state index in [-0.39, 0.29) is 5.91 Å². The first-order valence-corrected chi connectivity index (χ1v) is 7.29. The van der Waals surface area contributed by atoms with Gasteiger partial charge in [0.25, 0.3) is 5.91 Å². The van der Waals surface area contributed by atoms with Crippen LogP contribution in [0.15, 0.2) is 30.3 Å². The van der Waals surface area contributed by atoms with Crippen LogP contribution in [0.1, 0.15) is 36.5 Å². The Morgan fingerprint density at radius 1 is 1.29 bits per heavy atom. The maximum Gasteiger partial charge on any atom is 0.251 e. The SMILES string of the molecule is CCCC(CCBr)CNC(=O)c1ccccc1. The van der Waals surface area contributed by atoms with Gasteiger partial charge in [-0.3, -0.25) is 4.79 Å². The molecule has 1 aromatic carbocycles. The number of rotatable bonds is 7. The average molecular weight is 298 g/mol. The fraction of sp³-hybridized carbons (Fsp3) is 0.500. The molecule has 1 unspecified atom stereocenters. The van der Waals surface area contributed by atoms with Gasteiger partial charge in [0.05, 0.1) is 0 Å². The third-order valence-electron chi connectivity index (χ3n) is 2.80. The van der Waals surface area contributed by atoms with E-state index < -0.39 is 0 Å². The summed E-state index contributed by atoms with van der Waals surface area (Å²) in [6.45, 7) is 2.95. The second-order valence-electron chi connectivity index (χ2n) is 4.21. The molecule has 0 fully saturated rings. The third-order valence-corrected chi connectivity index (χ3v) is 3.26. The van der Waals surface area contributed by atoms with Crippen molar-refractivity contribution in [3.8, 4) is 0 Å². The quantitative estimate of drug-likeness (QED) is 0.765. The Kier molecular flexibility index (Phi) is 6.94. The third kappa shape index (κ3) is 5.35. The lowest BCUT2D eigenvalue weighted by Crippen LogP contribution is -2.29. The lowest BCUT2D eigenvalue weighted by atomic mass is 10.0. The molecule has 0 saturated heterocycles. The summed E-state index contributed by atoms with van der Waals surface area (Å²) < 4.78 is 0. The van der Waals surface area contributed by atoms with E-state index in [1.54, 1.807) is 0 Å². The minimum Gasteiger partial charge on any atom is -0.352 e. The lowest BCUT2D eigenvalue weighted by Gasteiger charge is -2.15. The van der Waals surface area contributed by atoms with Gasteiger partial charge >= 0.3 is 0 Å². The summed E-state index contributed by atoms with van der Waals surface area (Å²) in [6, 6.07) is 9.37. The van der Waals surface area contributed by atoms with Crippen LogP contribution in [0.25, 0.3) is 0 Å². The van der Waals surface area contributed by atoms with Crippen molar-refractivity contribution < 1.29 is 4.79 Å². The molecule has 0 aliphatic heterocycles. The fourth-order valence-electron chi connectivity index (χ4n) is 1.84. The van der Waals surface area contributed by atoms with Crippen molar-refractivity contribution in [2.45, 2.75) is 26.2 Å². The highest BCUT2D eigenvalue weighted by atomic mass is 79.9. The number of carbonyl (C=O) groups is 1. The van der Waals surface area contributed by atoms with Gasteiger partial charge < -0.3 is 5.32 Å². The normalized spacial score (nSPS) is 12.1. The highest BCUT2D eigenvalue weighted by Gasteiger charge is 2.10. The van der Waals surface area contributed by atoms with E-state index in [0.29, 0.717) is 5.92 Å². The molecule has 1 rings (SSSR count). The number of nitrogens with one attached hydrogen (secondary N) is 1. The Bertz CT molecular complexity index is 320. The molecular formula is C14H20BrNO. The Morgan fingerprint density at radius 2 is 2.00 bits per heavy atom. The summed E-state index contributed by atoms with van der Waals surface area (Å²) in [4.78, 5) is 11.8. The molecular weight excluding hydrogens is 278 g/mol. The predicted molar refractivity (Wildman–Crippen MR) is 75.6 cm³/mol. The lowest BCUT2D eigenvalue weighted by molar-refractivity contribution is 0.0946. The summed E-state index contributed by atoms with van der Waals surface area (Å²) in [5.41, 5.74) is 0.738. The van der Waals surface area contributed by atoms with Crippen molar-refractivity contribution >= 4 is 21.8 Å². The van der Waals surface area contributed by atoms with Gasteiger partial charge in [0, 0.05) is 17.4 Å². The van der Waals surface area contributed by atoms with E-state index in [0.717, 1.165) is 23.9 Å². The van der Waals surface area contributed by atoms with Gasteiger partial charge in [-0.15, -0.1) is 0 Å². The Hall–Kier alpha value is -0.830. The first-order chi connectivity index (χ1) is 8.27. The van der Waals surface area contributed by atoms with Crippen molar-refractivity contribution in [1.29, 1.82) is 0 Å². The van der Waals surface area contributed by atoms with Gasteiger partial charge in [-0.05, 0) is 30.9 Å². The zero-order valence-corrected chi connectivity index (χ0v) is 11.9. The first-order valence-electron chi connectivity index (χ1n) is 6.17. The molecule has 1 atom stereocenters. The van der Waals surface area contributed by atoms with Crippen LogP contribution in [0.5, 0.6) is 0 Å². The summed E-state index contributed by atoms with van der Waals surface area (Å²) in [5, 5.41) is 4.01. The minimum atomic E-state index is 0.0290. The number of amides is 1. The fourth-order valence-corrected chi connectivity index (χ4v) is 2.49. The van der Waals surface area contributed by atoms with Crippen LogP contribution in [0, 0.1) is 5.92 Å². The van der Waals surface area contributed by atoms with Crippen molar-refractivity contribution in [2.75, 3.05) is 11.9 Å². The van der Waals surface area contributed by atoms with Crippen LogP contribution >= 0.6 is 15.9 Å². The Labute approximate surface area is 112 Å². The highest BCUT2D eigenvalue weighted by molar-refractivity contribution is 9.09. The van der Waals surface area contributed by atoms with Crippen molar-refractivity contribution in [1.82, 2.24) is 5.32 Å². The maximum atomic E-state index is 11.8. The maximum absolute atomic E-state index is 11.8. The number of benzene rings is 1. The van der Waals surface area contributed by atoms with E-state index in [1.807, 2.05) is 30.3 Å². The molecule has 1 aromatic rings. The van der Waals surface area contributed by atoms with Gasteiger partial charge in [0.1, 0.15) is 0 Å². The van der Waals surface area contributed by atoms with Gasteiger partial charge in [-0.2, -0.15) is 0 Å². The van der Waals surface area contributed by atoms with Crippen LogP contribution in [0.4, 0.5) is 0 Å². The molecule has 0 aliphatic rings. The molecule has 3 heteroatoms. The van der Waals surface area contributed by atoms with Crippen LogP contribution in [-0.2, 0) is 0 Å². The molecule has 0 saturated carbocycles. The Balaban J connectivity index is 2.41. The molecule has 0 spiro atoms. The van der Waals surface area contributed by atoms with E-state index in [4.69, 9.17) is 0 Å². The molecule has 0 radical (unpaired) electrons. The molecule has 2 nitrogen and oxygen atoms in total. The second-order valence-corrected chi connectivity index (χ2v) is 5.00. The standard InChI is InChI=1S/C14H20BrNO/c1-2-6-12(9-10-15)11-16-14(17)13-7-4-3-5-8-13/h3-5,7-8,12H,2,6,9-11H2,1H3,(H,16,17). The topological polar surface area (TPSA) is 29.1 Å². The highest BCUT2D eigenvalue weighted by Crippen LogP contribution is 2.11. The molecule has 1 N–H and O–H groups in total. The summed E-state index contributed by atoms with van der Waals surface area (Å²) in [6.07, 6.45) is 3.45. The van der Waals surface area contributed by atoms with E-state index in [9.17, 15) is 4.79 Å².